The van der Waals surface area contributed by atoms with Crippen LogP contribution in [0, 0.1) is 0 Å². The van der Waals surface area contributed by atoms with Crippen LogP contribution < -0.4 is 21.3 Å². The van der Waals surface area contributed by atoms with Crippen LogP contribution in [0.2, 0.25) is 0 Å². The Balaban J connectivity index is 1.18. The predicted octanol–water partition coefficient (Wildman–Crippen LogP) is -14.7. The second kappa shape index (κ2) is 31.7. The van der Waals surface area contributed by atoms with Crippen molar-refractivity contribution in [2.24, 2.45) is 0 Å². The Hall–Kier alpha value is -3.36. The van der Waals surface area contributed by atoms with Crippen molar-refractivity contribution in [2.75, 3.05) is 39.6 Å². The van der Waals surface area contributed by atoms with E-state index < -0.39 is 278 Å². The fraction of sp³-hybridized carbons (Fsp3) is 0.920. The van der Waals surface area contributed by atoms with Crippen LogP contribution in [0.15, 0.2) is 0 Å². The van der Waals surface area contributed by atoms with Crippen LogP contribution in [0.4, 0.5) is 0 Å². The number of aliphatic hydroxyl groups excluding tert-OH is 18. The summed E-state index contributed by atoms with van der Waals surface area (Å²) in [7, 11) is 0. The smallest absolute Gasteiger partial charge is 0.217 e. The number of carbonyl (C=O) groups excluding carboxylic acids is 4. The van der Waals surface area contributed by atoms with Crippen molar-refractivity contribution in [3.63, 3.8) is 0 Å². The van der Waals surface area contributed by atoms with E-state index in [0.29, 0.717) is 0 Å². The van der Waals surface area contributed by atoms with Gasteiger partial charge in [-0.05, 0) is 6.92 Å². The molecule has 7 rings (SSSR count). The van der Waals surface area contributed by atoms with E-state index in [0.717, 1.165) is 27.7 Å². The Labute approximate surface area is 505 Å². The first-order chi connectivity index (χ1) is 42.0. The molecule has 7 aliphatic heterocycles. The molecule has 39 heteroatoms. The molecule has 1 unspecified atom stereocenters. The van der Waals surface area contributed by atoms with Crippen molar-refractivity contribution in [3.8, 4) is 0 Å². The van der Waals surface area contributed by atoms with E-state index in [-0.39, 0.29) is 0 Å². The van der Waals surface area contributed by atoms with Gasteiger partial charge in [0, 0.05) is 27.7 Å². The van der Waals surface area contributed by atoms with Crippen LogP contribution in [0.1, 0.15) is 34.6 Å². The molecule has 22 N–H and O–H groups in total. The fourth-order valence-corrected chi connectivity index (χ4v) is 11.4. The summed E-state index contributed by atoms with van der Waals surface area (Å²) in [5, 5.41) is 207. The SMILES string of the molecule is CC(=O)N[C@H]1[C@H](O[C@H]2[C@@H](O)[C@@H](CO)O[C@@H](O[C@H]3[C@H](O[C@@H]4O[C@@H](C)[C@@H](O)[C@@H](O)[C@@H]4O)[C@@H](NC(C)=O)[C@H](OC[C@H]4OC(O)[C@H](NC(C)=O)[C@@H](O[C@@H]5O[C@H](CO)[C@H](O)[C@H](O[C@@H]6O[C@H](CO)[C@@H](O)[C@H](O)[C@H]6NC(C)=O)[C@H]5O)[C@H]4O)O[C@@H]3CO)[C@@H]2O)O[C@H](CO)[C@H](O)[C@@H]1O. The molecule has 7 saturated heterocycles. The number of amides is 4. The maximum Gasteiger partial charge on any atom is 0.217 e. The van der Waals surface area contributed by atoms with Gasteiger partial charge in [-0.2, -0.15) is 0 Å². The van der Waals surface area contributed by atoms with Crippen molar-refractivity contribution in [3.05, 3.63) is 0 Å². The van der Waals surface area contributed by atoms with Crippen molar-refractivity contribution < 1.29 is 173 Å². The number of ether oxygens (including phenoxy) is 13. The van der Waals surface area contributed by atoms with Crippen molar-refractivity contribution >= 4 is 23.6 Å². The molecule has 514 valence electrons. The summed E-state index contributed by atoms with van der Waals surface area (Å²) in [6, 6.07) is -6.84. The lowest BCUT2D eigenvalue weighted by molar-refractivity contribution is -0.385. The highest BCUT2D eigenvalue weighted by Gasteiger charge is 2.59. The molecular formula is C50H84N4O35. The highest BCUT2D eigenvalue weighted by Crippen LogP contribution is 2.38. The molecule has 7 heterocycles. The van der Waals surface area contributed by atoms with E-state index in [1.54, 1.807) is 0 Å². The molecule has 89 heavy (non-hydrogen) atoms. The average molecular weight is 1300 g/mol. The highest BCUT2D eigenvalue weighted by atomic mass is 16.8. The first-order valence-electron chi connectivity index (χ1n) is 28.5. The molecule has 7 aliphatic rings. The molecule has 35 atom stereocenters. The largest absolute Gasteiger partial charge is 0.394 e. The van der Waals surface area contributed by atoms with E-state index in [4.69, 9.17) is 61.6 Å². The molecule has 0 aliphatic carbocycles. The summed E-state index contributed by atoms with van der Waals surface area (Å²) in [5.74, 6) is -3.29. The number of nitrogens with one attached hydrogen (secondary N) is 4. The second-order valence-electron chi connectivity index (χ2n) is 22.5. The minimum absolute atomic E-state index is 0.770. The van der Waals surface area contributed by atoms with Gasteiger partial charge in [-0.1, -0.05) is 0 Å². The van der Waals surface area contributed by atoms with Gasteiger partial charge in [-0.15, -0.1) is 0 Å². The van der Waals surface area contributed by atoms with Gasteiger partial charge in [0.25, 0.3) is 0 Å². The first kappa shape index (κ1) is 73.1. The first-order valence-corrected chi connectivity index (χ1v) is 28.5. The summed E-state index contributed by atoms with van der Waals surface area (Å²) >= 11 is 0. The normalized spacial score (nSPS) is 48.0. The lowest BCUT2D eigenvalue weighted by atomic mass is 9.93. The zero-order valence-corrected chi connectivity index (χ0v) is 48.4. The zero-order chi connectivity index (χ0) is 65.8. The Morgan fingerprint density at radius 3 is 1.10 bits per heavy atom. The van der Waals surface area contributed by atoms with Gasteiger partial charge < -0.3 is 175 Å². The fourth-order valence-electron chi connectivity index (χ4n) is 11.4. The Morgan fingerprint density at radius 2 is 0.663 bits per heavy atom. The summed E-state index contributed by atoms with van der Waals surface area (Å²) in [5.41, 5.74) is 0. The van der Waals surface area contributed by atoms with Crippen molar-refractivity contribution in [1.29, 1.82) is 0 Å². The molecule has 0 aromatic carbocycles. The molecule has 0 saturated carbocycles. The van der Waals surface area contributed by atoms with Gasteiger partial charge in [0.2, 0.25) is 23.6 Å². The van der Waals surface area contributed by atoms with Crippen molar-refractivity contribution in [2.45, 2.75) is 249 Å². The third-order valence-electron chi connectivity index (χ3n) is 16.1. The molecule has 0 spiro atoms. The van der Waals surface area contributed by atoms with Crippen LogP contribution in [0.3, 0.4) is 0 Å². The van der Waals surface area contributed by atoms with Gasteiger partial charge in [0.05, 0.1) is 45.7 Å². The monoisotopic (exact) mass is 1300 g/mol. The Bertz CT molecular complexity index is 2290. The number of aliphatic hydroxyl groups is 18. The molecule has 0 aromatic heterocycles. The van der Waals surface area contributed by atoms with Gasteiger partial charge in [0.15, 0.2) is 44.0 Å². The number of rotatable bonds is 22. The van der Waals surface area contributed by atoms with Crippen molar-refractivity contribution in [1.82, 2.24) is 21.3 Å². The summed E-state index contributed by atoms with van der Waals surface area (Å²) < 4.78 is 76.7. The van der Waals surface area contributed by atoms with E-state index in [1.807, 2.05) is 0 Å². The number of carbonyl (C=O) groups is 4. The van der Waals surface area contributed by atoms with Crippen LogP contribution in [-0.2, 0) is 80.8 Å². The third-order valence-corrected chi connectivity index (χ3v) is 16.1. The van der Waals surface area contributed by atoms with E-state index in [9.17, 15) is 111 Å². The highest BCUT2D eigenvalue weighted by molar-refractivity contribution is 5.74. The minimum atomic E-state index is -2.24. The summed E-state index contributed by atoms with van der Waals surface area (Å²) in [6.07, 6.45) is -59.1. The van der Waals surface area contributed by atoms with Crippen LogP contribution >= 0.6 is 0 Å². The molecule has 0 radical (unpaired) electrons. The summed E-state index contributed by atoms with van der Waals surface area (Å²) in [4.78, 5) is 50.2. The van der Waals surface area contributed by atoms with Gasteiger partial charge >= 0.3 is 0 Å². The van der Waals surface area contributed by atoms with Gasteiger partial charge in [-0.3, -0.25) is 19.2 Å². The third kappa shape index (κ3) is 16.4. The van der Waals surface area contributed by atoms with Gasteiger partial charge in [0.1, 0.15) is 165 Å². The maximum atomic E-state index is 13.2. The Morgan fingerprint density at radius 1 is 0.315 bits per heavy atom. The molecule has 0 bridgehead atoms. The van der Waals surface area contributed by atoms with Gasteiger partial charge in [-0.25, -0.2) is 0 Å². The molecule has 39 nitrogen and oxygen atoms in total. The number of hydrogen-bond acceptors (Lipinski definition) is 35. The predicted molar refractivity (Wildman–Crippen MR) is 277 cm³/mol. The molecule has 4 amide bonds. The van der Waals surface area contributed by atoms with Crippen LogP contribution in [0.5, 0.6) is 0 Å². The quantitative estimate of drug-likeness (QED) is 0.0479. The standard InChI is InChI=1S/C50H84N4O35/c1-12-27(64)35(72)36(73)48(78-12)87-41-26(54-16(5)63)45(84-21(10-59)39(41)85-49-37(74)42(30(67)19(8-57)82-49)88-46-23(51-13(2)60)33(70)28(65)17(6-55)80-46)77-11-22-32(69)40(25(44(76)79-22)53-15(4)62)86-50-38(75)43(31(68)20(9-58)83-50)89-47-24(52-14(3)61)34(71)29(66)18(7-56)81-47/h12,17-50,55-59,64-76H,6-11H2,1-5H3,(H,51,60)(H,52,61)(H,53,62)(H,54,63)/t12-,17+,18+,19+,20+,21+,22+,23+,24+,25+,26+,27+,28-,29+,30-,31-,32-,33+,34+,35+,36-,37+,38+,39+,40+,41+,42-,43-,44?,45+,46-,47-,48-,49-,50-/m0/s1. The molecular weight excluding hydrogens is 1220 g/mol. The minimum Gasteiger partial charge on any atom is -0.394 e. The molecule has 7 fully saturated rings. The molecule has 0 aromatic rings. The van der Waals surface area contributed by atoms with E-state index >= 15 is 0 Å². The number of hydrogen-bond donors (Lipinski definition) is 22. The maximum absolute atomic E-state index is 13.2. The Kier molecular flexibility index (Phi) is 26.0. The van der Waals surface area contributed by atoms with Crippen LogP contribution in [-0.4, -0.2) is 370 Å². The zero-order valence-electron chi connectivity index (χ0n) is 48.4. The lowest BCUT2D eigenvalue weighted by Crippen LogP contribution is -2.71. The topological polar surface area (TPSA) is 601 Å². The van der Waals surface area contributed by atoms with E-state index in [2.05, 4.69) is 21.3 Å². The van der Waals surface area contributed by atoms with E-state index in [1.165, 1.54) is 6.92 Å². The average Bonchev–Trinajstić information content (AvgIpc) is 1.51. The lowest BCUT2D eigenvalue weighted by Gasteiger charge is -2.51. The second-order valence-corrected chi connectivity index (χ2v) is 22.5. The summed E-state index contributed by atoms with van der Waals surface area (Å²) in [6.45, 7) is -0.588. The van der Waals surface area contributed by atoms with Crippen LogP contribution in [0.25, 0.3) is 0 Å².